The lowest BCUT2D eigenvalue weighted by molar-refractivity contribution is -0.154. The van der Waals surface area contributed by atoms with Crippen LogP contribution >= 0.6 is 0 Å². The second-order valence-electron chi connectivity index (χ2n) is 12.5. The zero-order chi connectivity index (χ0) is 35.3. The van der Waals surface area contributed by atoms with Gasteiger partial charge in [-0.25, -0.2) is 0 Å². The molecule has 18 heteroatoms. The molecule has 0 aliphatic carbocycles. The SMILES string of the molecule is CC(C)C[C@H](NC(=O)CN1CCOCC1)C(=O)N[C@@H](COC(F)F)C(=O)N[C@@H](COC(F)F)C(=O)N[C@@H](CC(C)C)C(=O)[C@@]1(C)CO1. The van der Waals surface area contributed by atoms with E-state index in [1.54, 1.807) is 27.7 Å². The van der Waals surface area contributed by atoms with E-state index in [0.29, 0.717) is 26.3 Å². The number of alkyl halides is 4. The molecular formula is C29H47F4N5O9. The van der Waals surface area contributed by atoms with Crippen molar-refractivity contribution in [3.8, 4) is 0 Å². The van der Waals surface area contributed by atoms with Gasteiger partial charge in [0.05, 0.1) is 45.6 Å². The molecule has 4 amide bonds. The molecule has 0 aromatic heterocycles. The van der Waals surface area contributed by atoms with E-state index >= 15 is 0 Å². The summed E-state index contributed by atoms with van der Waals surface area (Å²) in [5.74, 6) is -4.38. The van der Waals surface area contributed by atoms with Gasteiger partial charge in [0.2, 0.25) is 23.6 Å². The van der Waals surface area contributed by atoms with Crippen molar-refractivity contribution in [1.82, 2.24) is 26.2 Å². The molecule has 2 aliphatic rings. The molecule has 0 bridgehead atoms. The van der Waals surface area contributed by atoms with E-state index in [1.807, 2.05) is 4.90 Å². The van der Waals surface area contributed by atoms with Crippen LogP contribution in [-0.2, 0) is 42.9 Å². The summed E-state index contributed by atoms with van der Waals surface area (Å²) < 4.78 is 70.9. The normalized spacial score (nSPS) is 20.9. The van der Waals surface area contributed by atoms with E-state index in [4.69, 9.17) is 9.47 Å². The Morgan fingerprint density at radius 2 is 1.15 bits per heavy atom. The van der Waals surface area contributed by atoms with Crippen LogP contribution in [0.5, 0.6) is 0 Å². The zero-order valence-electron chi connectivity index (χ0n) is 27.3. The van der Waals surface area contributed by atoms with Gasteiger partial charge in [0.15, 0.2) is 5.78 Å². The maximum Gasteiger partial charge on any atom is 0.345 e. The molecule has 270 valence electrons. The summed E-state index contributed by atoms with van der Waals surface area (Å²) in [6, 6.07) is -5.97. The number of rotatable bonds is 21. The van der Waals surface area contributed by atoms with Gasteiger partial charge in [-0.2, -0.15) is 17.6 Å². The first-order chi connectivity index (χ1) is 22.0. The summed E-state index contributed by atoms with van der Waals surface area (Å²) in [6.45, 7) is 1.81. The number of morpholine rings is 1. The number of halogens is 4. The van der Waals surface area contributed by atoms with E-state index in [0.717, 1.165) is 0 Å². The van der Waals surface area contributed by atoms with Crippen molar-refractivity contribution in [2.45, 2.75) is 90.5 Å². The van der Waals surface area contributed by atoms with Gasteiger partial charge in [0.1, 0.15) is 23.7 Å². The van der Waals surface area contributed by atoms with Crippen molar-refractivity contribution in [1.29, 1.82) is 0 Å². The highest BCUT2D eigenvalue weighted by Crippen LogP contribution is 2.29. The minimum absolute atomic E-state index is 0.0316. The van der Waals surface area contributed by atoms with Gasteiger partial charge in [0, 0.05) is 13.1 Å². The molecule has 47 heavy (non-hydrogen) atoms. The number of ketones is 1. The largest absolute Gasteiger partial charge is 0.379 e. The van der Waals surface area contributed by atoms with Crippen molar-refractivity contribution in [2.24, 2.45) is 11.8 Å². The van der Waals surface area contributed by atoms with Crippen LogP contribution in [0.2, 0.25) is 0 Å². The summed E-state index contributed by atoms with van der Waals surface area (Å²) in [5, 5.41) is 9.43. The first kappa shape index (κ1) is 40.2. The summed E-state index contributed by atoms with van der Waals surface area (Å²) >= 11 is 0. The molecule has 0 aromatic carbocycles. The van der Waals surface area contributed by atoms with E-state index in [-0.39, 0.29) is 37.8 Å². The standard InChI is InChI=1S/C29H47F4N5O9/c1-16(2)10-18(23(40)29(5)15-47-29)35-25(42)20(13-45-27(30)31)37-26(43)21(14-46-28(32)33)36-24(41)19(11-17(3)4)34-22(39)12-38-6-8-44-9-7-38/h16-21,27-28H,6-15H2,1-5H3,(H,34,39)(H,35,42)(H,36,41)(H,37,43)/t18-,19-,20-,21-,29+/m0/s1. The molecule has 2 rings (SSSR count). The number of nitrogens with one attached hydrogen (secondary N) is 4. The van der Waals surface area contributed by atoms with Crippen molar-refractivity contribution in [3.63, 3.8) is 0 Å². The van der Waals surface area contributed by atoms with Crippen LogP contribution in [-0.4, -0.2) is 130 Å². The second-order valence-corrected chi connectivity index (χ2v) is 12.5. The Hall–Kier alpha value is -2.93. The lowest BCUT2D eigenvalue weighted by Gasteiger charge is -2.28. The Labute approximate surface area is 271 Å². The van der Waals surface area contributed by atoms with Crippen LogP contribution in [0.15, 0.2) is 0 Å². The molecule has 4 N–H and O–H groups in total. The first-order valence-electron chi connectivity index (χ1n) is 15.5. The van der Waals surface area contributed by atoms with E-state index in [1.165, 1.54) is 6.92 Å². The lowest BCUT2D eigenvalue weighted by Crippen LogP contribution is -2.60. The molecule has 14 nitrogen and oxygen atoms in total. The van der Waals surface area contributed by atoms with E-state index < -0.39 is 85.6 Å². The third-order valence-electron chi connectivity index (χ3n) is 7.31. The predicted octanol–water partition coefficient (Wildman–Crippen LogP) is 0.186. The zero-order valence-corrected chi connectivity index (χ0v) is 27.3. The molecule has 0 radical (unpaired) electrons. The number of carbonyl (C=O) groups excluding carboxylic acids is 5. The fourth-order valence-electron chi connectivity index (χ4n) is 4.75. The average Bonchev–Trinajstić information content (AvgIpc) is 3.73. The van der Waals surface area contributed by atoms with Crippen LogP contribution in [0.3, 0.4) is 0 Å². The van der Waals surface area contributed by atoms with Crippen molar-refractivity contribution >= 4 is 29.4 Å². The van der Waals surface area contributed by atoms with Crippen molar-refractivity contribution in [2.75, 3.05) is 52.7 Å². The number of hydrogen-bond donors (Lipinski definition) is 4. The topological polar surface area (TPSA) is 177 Å². The summed E-state index contributed by atoms with van der Waals surface area (Å²) in [4.78, 5) is 67.3. The summed E-state index contributed by atoms with van der Waals surface area (Å²) in [7, 11) is 0. The Morgan fingerprint density at radius 1 is 0.723 bits per heavy atom. The van der Waals surface area contributed by atoms with E-state index in [2.05, 4.69) is 30.7 Å². The number of ether oxygens (including phenoxy) is 4. The average molecular weight is 686 g/mol. The molecule has 0 unspecified atom stereocenters. The summed E-state index contributed by atoms with van der Waals surface area (Å²) in [5.41, 5.74) is -1.13. The van der Waals surface area contributed by atoms with Crippen molar-refractivity contribution < 1.29 is 60.5 Å². The quantitative estimate of drug-likeness (QED) is 0.0964. The minimum atomic E-state index is -3.35. The fraction of sp³-hybridized carbons (Fsp3) is 0.828. The smallest absolute Gasteiger partial charge is 0.345 e. The Kier molecular flexibility index (Phi) is 16.4. The van der Waals surface area contributed by atoms with Gasteiger partial charge in [0.25, 0.3) is 0 Å². The van der Waals surface area contributed by atoms with Gasteiger partial charge in [-0.3, -0.25) is 28.9 Å². The second kappa shape index (κ2) is 19.2. The fourth-order valence-corrected chi connectivity index (χ4v) is 4.75. The first-order valence-corrected chi connectivity index (χ1v) is 15.5. The highest BCUT2D eigenvalue weighted by molar-refractivity contribution is 5.98. The van der Waals surface area contributed by atoms with Crippen LogP contribution < -0.4 is 21.3 Å². The van der Waals surface area contributed by atoms with Gasteiger partial charge in [-0.1, -0.05) is 27.7 Å². The molecule has 2 fully saturated rings. The molecule has 5 atom stereocenters. The molecule has 2 heterocycles. The van der Waals surface area contributed by atoms with Gasteiger partial charge >= 0.3 is 13.2 Å². The minimum Gasteiger partial charge on any atom is -0.379 e. The van der Waals surface area contributed by atoms with Crippen LogP contribution in [0.4, 0.5) is 17.6 Å². The Morgan fingerprint density at radius 3 is 1.57 bits per heavy atom. The molecule has 0 saturated carbocycles. The highest BCUT2D eigenvalue weighted by atomic mass is 19.3. The van der Waals surface area contributed by atoms with Gasteiger partial charge in [-0.05, 0) is 31.6 Å². The number of Topliss-reactive ketones (excluding diaryl/α,β-unsaturated/α-hetero) is 1. The third-order valence-corrected chi connectivity index (χ3v) is 7.31. The Balaban J connectivity index is 2.20. The molecule has 2 saturated heterocycles. The van der Waals surface area contributed by atoms with Gasteiger partial charge < -0.3 is 40.2 Å². The van der Waals surface area contributed by atoms with Crippen LogP contribution in [0.1, 0.15) is 47.5 Å². The van der Waals surface area contributed by atoms with E-state index in [9.17, 15) is 41.5 Å². The predicted molar refractivity (Wildman–Crippen MR) is 157 cm³/mol. The van der Waals surface area contributed by atoms with Crippen LogP contribution in [0, 0.1) is 11.8 Å². The molecule has 0 aromatic rings. The van der Waals surface area contributed by atoms with Crippen molar-refractivity contribution in [3.05, 3.63) is 0 Å². The number of epoxide rings is 1. The monoisotopic (exact) mass is 685 g/mol. The van der Waals surface area contributed by atoms with Gasteiger partial charge in [-0.15, -0.1) is 0 Å². The lowest BCUT2D eigenvalue weighted by atomic mass is 9.93. The number of hydrogen-bond acceptors (Lipinski definition) is 10. The summed E-state index contributed by atoms with van der Waals surface area (Å²) in [6.07, 6.45) is 0.279. The Bertz CT molecular complexity index is 1060. The maximum atomic E-state index is 13.3. The number of carbonyl (C=O) groups is 5. The molecule has 0 spiro atoms. The third kappa shape index (κ3) is 14.8. The molecule has 2 aliphatic heterocycles. The number of nitrogens with zero attached hydrogens (tertiary/aromatic N) is 1. The maximum absolute atomic E-state index is 13.3. The van der Waals surface area contributed by atoms with Crippen LogP contribution in [0.25, 0.3) is 0 Å². The molecular weight excluding hydrogens is 638 g/mol. The highest BCUT2D eigenvalue weighted by Gasteiger charge is 2.50. The number of amides is 4.